The van der Waals surface area contributed by atoms with Crippen LogP contribution in [-0.2, 0) is 21.1 Å². The Labute approximate surface area is 131 Å². The first-order chi connectivity index (χ1) is 10.6. The summed E-state index contributed by atoms with van der Waals surface area (Å²) in [7, 11) is -2.79. The number of rotatable bonds is 5. The predicted molar refractivity (Wildman–Crippen MR) is 83.5 cm³/mol. The van der Waals surface area contributed by atoms with Crippen LogP contribution in [0.2, 0.25) is 0 Å². The van der Waals surface area contributed by atoms with Gasteiger partial charge in [-0.3, -0.25) is 0 Å². The maximum atomic E-state index is 11.4. The molecule has 122 valence electrons. The first kappa shape index (κ1) is 15.6. The quantitative estimate of drug-likeness (QED) is 0.804. The van der Waals surface area contributed by atoms with Crippen LogP contribution in [0.1, 0.15) is 12.0 Å². The average molecular weight is 326 g/mol. The van der Waals surface area contributed by atoms with Crippen molar-refractivity contribution in [2.45, 2.75) is 13.0 Å². The second-order valence-corrected chi connectivity index (χ2v) is 8.12. The van der Waals surface area contributed by atoms with Gasteiger partial charge < -0.3 is 15.0 Å². The summed E-state index contributed by atoms with van der Waals surface area (Å²) in [6, 6.07) is 0. The Morgan fingerprint density at radius 3 is 2.64 bits per heavy atom. The number of anilines is 1. The lowest BCUT2D eigenvalue weighted by molar-refractivity contribution is 0.122. The zero-order valence-corrected chi connectivity index (χ0v) is 13.4. The van der Waals surface area contributed by atoms with Crippen LogP contribution in [0.3, 0.4) is 0 Å². The number of nitrogens with zero attached hydrogens (tertiary/aromatic N) is 3. The maximum absolute atomic E-state index is 11.4. The van der Waals surface area contributed by atoms with Crippen LogP contribution < -0.4 is 10.2 Å². The number of hydrogen-bond acceptors (Lipinski definition) is 7. The molecule has 1 N–H and O–H groups in total. The molecule has 0 amide bonds. The van der Waals surface area contributed by atoms with Crippen LogP contribution in [0.4, 0.5) is 5.95 Å². The highest BCUT2D eigenvalue weighted by atomic mass is 32.2. The molecule has 2 fully saturated rings. The third kappa shape index (κ3) is 4.15. The molecule has 0 aliphatic carbocycles. The van der Waals surface area contributed by atoms with Crippen LogP contribution in [-0.4, -0.2) is 62.7 Å². The minimum atomic E-state index is -2.79. The minimum Gasteiger partial charge on any atom is -0.378 e. The summed E-state index contributed by atoms with van der Waals surface area (Å²) in [6.07, 6.45) is 4.42. The molecule has 0 bridgehead atoms. The molecule has 0 radical (unpaired) electrons. The summed E-state index contributed by atoms with van der Waals surface area (Å²) in [5, 5.41) is 3.30. The van der Waals surface area contributed by atoms with E-state index in [-0.39, 0.29) is 5.92 Å². The Bertz CT molecular complexity index is 585. The monoisotopic (exact) mass is 326 g/mol. The van der Waals surface area contributed by atoms with E-state index in [2.05, 4.69) is 20.2 Å². The summed E-state index contributed by atoms with van der Waals surface area (Å²) in [4.78, 5) is 10.9. The van der Waals surface area contributed by atoms with E-state index in [0.29, 0.717) is 18.1 Å². The first-order valence-corrected chi connectivity index (χ1v) is 9.49. The molecule has 1 aromatic rings. The molecule has 2 saturated heterocycles. The van der Waals surface area contributed by atoms with E-state index in [4.69, 9.17) is 4.74 Å². The van der Waals surface area contributed by atoms with E-state index >= 15 is 0 Å². The molecule has 0 unspecified atom stereocenters. The van der Waals surface area contributed by atoms with Gasteiger partial charge in [0.2, 0.25) is 5.95 Å². The molecule has 2 aliphatic heterocycles. The van der Waals surface area contributed by atoms with Gasteiger partial charge in [-0.15, -0.1) is 0 Å². The van der Waals surface area contributed by atoms with Crippen LogP contribution in [0.15, 0.2) is 12.4 Å². The van der Waals surface area contributed by atoms with Gasteiger partial charge in [-0.05, 0) is 18.9 Å². The molecule has 3 heterocycles. The van der Waals surface area contributed by atoms with Crippen LogP contribution in [0.25, 0.3) is 0 Å². The normalized spacial score (nSPS) is 24.5. The van der Waals surface area contributed by atoms with E-state index in [1.54, 1.807) is 0 Å². The topological polar surface area (TPSA) is 84.4 Å². The molecular weight excluding hydrogens is 304 g/mol. The summed E-state index contributed by atoms with van der Waals surface area (Å²) in [5.74, 6) is 1.62. The fraction of sp³-hybridized carbons (Fsp3) is 0.714. The van der Waals surface area contributed by atoms with Gasteiger partial charge in [0, 0.05) is 37.6 Å². The third-order valence-corrected chi connectivity index (χ3v) is 5.91. The molecule has 8 heteroatoms. The van der Waals surface area contributed by atoms with E-state index in [1.165, 1.54) is 0 Å². The van der Waals surface area contributed by atoms with Gasteiger partial charge in [0.15, 0.2) is 9.84 Å². The second kappa shape index (κ2) is 6.89. The Hall–Kier alpha value is -1.25. The number of sulfone groups is 1. The molecule has 1 atom stereocenters. The first-order valence-electron chi connectivity index (χ1n) is 7.67. The van der Waals surface area contributed by atoms with Gasteiger partial charge in [-0.1, -0.05) is 0 Å². The standard InChI is InChI=1S/C14H22N4O3S/c19-22(20)6-1-12(11-22)7-15-8-13-9-16-14(17-10-13)18-2-4-21-5-3-18/h9-10,12,15H,1-8,11H2/t12-/m1/s1. The molecule has 22 heavy (non-hydrogen) atoms. The fourth-order valence-electron chi connectivity index (χ4n) is 2.82. The van der Waals surface area contributed by atoms with Crippen molar-refractivity contribution in [1.82, 2.24) is 15.3 Å². The maximum Gasteiger partial charge on any atom is 0.225 e. The fourth-order valence-corrected chi connectivity index (χ4v) is 4.68. The molecule has 2 aliphatic rings. The zero-order valence-electron chi connectivity index (χ0n) is 12.6. The zero-order chi connectivity index (χ0) is 15.4. The van der Waals surface area contributed by atoms with E-state index in [1.807, 2.05) is 12.4 Å². The van der Waals surface area contributed by atoms with E-state index < -0.39 is 9.84 Å². The van der Waals surface area contributed by atoms with Crippen molar-refractivity contribution in [1.29, 1.82) is 0 Å². The summed E-state index contributed by atoms with van der Waals surface area (Å²) >= 11 is 0. The van der Waals surface area contributed by atoms with Crippen molar-refractivity contribution >= 4 is 15.8 Å². The minimum absolute atomic E-state index is 0.235. The molecule has 0 spiro atoms. The lowest BCUT2D eigenvalue weighted by Crippen LogP contribution is -2.37. The van der Waals surface area contributed by atoms with Gasteiger partial charge in [0.25, 0.3) is 0 Å². The lowest BCUT2D eigenvalue weighted by Gasteiger charge is -2.26. The van der Waals surface area contributed by atoms with Crippen molar-refractivity contribution in [2.24, 2.45) is 5.92 Å². The van der Waals surface area contributed by atoms with Crippen LogP contribution in [0, 0.1) is 5.92 Å². The number of morpholine rings is 1. The molecule has 0 saturated carbocycles. The molecule has 0 aromatic carbocycles. The summed E-state index contributed by atoms with van der Waals surface area (Å²) < 4.78 is 28.1. The predicted octanol–water partition coefficient (Wildman–Crippen LogP) is -0.162. The van der Waals surface area contributed by atoms with Crippen molar-refractivity contribution in [3.05, 3.63) is 18.0 Å². The number of aromatic nitrogens is 2. The van der Waals surface area contributed by atoms with E-state index in [0.717, 1.165) is 50.8 Å². The summed E-state index contributed by atoms with van der Waals surface area (Å²) in [6.45, 7) is 4.49. The third-order valence-electron chi connectivity index (χ3n) is 4.07. The average Bonchev–Trinajstić information content (AvgIpc) is 2.88. The van der Waals surface area contributed by atoms with Crippen LogP contribution >= 0.6 is 0 Å². The number of nitrogens with one attached hydrogen (secondary N) is 1. The smallest absolute Gasteiger partial charge is 0.225 e. The number of hydrogen-bond donors (Lipinski definition) is 1. The van der Waals surface area contributed by atoms with Crippen molar-refractivity contribution in [3.8, 4) is 0 Å². The molecule has 7 nitrogen and oxygen atoms in total. The molecule has 1 aromatic heterocycles. The highest BCUT2D eigenvalue weighted by Crippen LogP contribution is 2.17. The Morgan fingerprint density at radius 1 is 1.27 bits per heavy atom. The Kier molecular flexibility index (Phi) is 4.90. The van der Waals surface area contributed by atoms with Gasteiger partial charge in [0.1, 0.15) is 0 Å². The number of ether oxygens (including phenoxy) is 1. The van der Waals surface area contributed by atoms with Gasteiger partial charge in [-0.2, -0.15) is 0 Å². The Morgan fingerprint density at radius 2 is 2.00 bits per heavy atom. The van der Waals surface area contributed by atoms with Crippen molar-refractivity contribution in [3.63, 3.8) is 0 Å². The molecule has 3 rings (SSSR count). The highest BCUT2D eigenvalue weighted by Gasteiger charge is 2.27. The largest absolute Gasteiger partial charge is 0.378 e. The highest BCUT2D eigenvalue weighted by molar-refractivity contribution is 7.91. The lowest BCUT2D eigenvalue weighted by atomic mass is 10.1. The second-order valence-electron chi connectivity index (χ2n) is 5.89. The molecular formula is C14H22N4O3S. The van der Waals surface area contributed by atoms with Crippen molar-refractivity contribution < 1.29 is 13.2 Å². The Balaban J connectivity index is 1.45. The summed E-state index contributed by atoms with van der Waals surface area (Å²) in [5.41, 5.74) is 1.01. The van der Waals surface area contributed by atoms with Crippen molar-refractivity contribution in [2.75, 3.05) is 49.3 Å². The van der Waals surface area contributed by atoms with Gasteiger partial charge in [0.05, 0.1) is 24.7 Å². The van der Waals surface area contributed by atoms with Gasteiger partial charge >= 0.3 is 0 Å². The SMILES string of the molecule is O=S1(=O)CC[C@H](CNCc2cnc(N3CCOCC3)nc2)C1. The van der Waals surface area contributed by atoms with Gasteiger partial charge in [-0.25, -0.2) is 18.4 Å². The van der Waals surface area contributed by atoms with E-state index in [9.17, 15) is 8.42 Å². The van der Waals surface area contributed by atoms with Crippen LogP contribution in [0.5, 0.6) is 0 Å².